The average molecular weight is 277 g/mol. The van der Waals surface area contributed by atoms with Crippen LogP contribution in [-0.2, 0) is 4.74 Å². The van der Waals surface area contributed by atoms with Gasteiger partial charge in [-0.2, -0.15) is 0 Å². The normalized spacial score (nSPS) is 15.9. The lowest BCUT2D eigenvalue weighted by atomic mass is 10.1. The maximum Gasteiger partial charge on any atom is 0.319 e. The third-order valence-corrected chi connectivity index (χ3v) is 3.45. The maximum atomic E-state index is 11.8. The van der Waals surface area contributed by atoms with Gasteiger partial charge < -0.3 is 15.4 Å². The number of ether oxygens (including phenoxy) is 1. The fourth-order valence-corrected chi connectivity index (χ4v) is 2.27. The molecule has 0 radical (unpaired) electrons. The molecular formula is C15H23N3O2. The van der Waals surface area contributed by atoms with Crippen molar-refractivity contribution >= 4 is 11.7 Å². The number of anilines is 1. The van der Waals surface area contributed by atoms with Crippen LogP contribution >= 0.6 is 0 Å². The number of aryl methyl sites for hydroxylation is 2. The van der Waals surface area contributed by atoms with Gasteiger partial charge in [-0.25, -0.2) is 4.79 Å². The number of nitrogens with zero attached hydrogens (tertiary/aromatic N) is 1. The lowest BCUT2D eigenvalue weighted by Gasteiger charge is -2.26. The van der Waals surface area contributed by atoms with Crippen molar-refractivity contribution in [1.29, 1.82) is 0 Å². The summed E-state index contributed by atoms with van der Waals surface area (Å²) in [4.78, 5) is 14.1. The van der Waals surface area contributed by atoms with Gasteiger partial charge in [-0.1, -0.05) is 17.7 Å². The van der Waals surface area contributed by atoms with E-state index in [1.165, 1.54) is 5.56 Å². The highest BCUT2D eigenvalue weighted by Crippen LogP contribution is 2.15. The molecule has 2 rings (SSSR count). The number of carbonyl (C=O) groups excluding carboxylic acids is 1. The first-order chi connectivity index (χ1) is 9.65. The molecule has 0 aromatic heterocycles. The number of urea groups is 1. The summed E-state index contributed by atoms with van der Waals surface area (Å²) in [6, 6.07) is 5.84. The Morgan fingerprint density at radius 2 is 2.05 bits per heavy atom. The molecule has 20 heavy (non-hydrogen) atoms. The summed E-state index contributed by atoms with van der Waals surface area (Å²) in [6.07, 6.45) is 0. The third-order valence-electron chi connectivity index (χ3n) is 3.45. The quantitative estimate of drug-likeness (QED) is 0.881. The molecule has 1 aliphatic heterocycles. The lowest BCUT2D eigenvalue weighted by molar-refractivity contribution is 0.0388. The summed E-state index contributed by atoms with van der Waals surface area (Å²) in [5, 5.41) is 5.77. The summed E-state index contributed by atoms with van der Waals surface area (Å²) in [6.45, 7) is 9.01. The minimum Gasteiger partial charge on any atom is -0.379 e. The van der Waals surface area contributed by atoms with Crippen LogP contribution in [0, 0.1) is 13.8 Å². The molecule has 5 nitrogen and oxygen atoms in total. The number of nitrogens with one attached hydrogen (secondary N) is 2. The molecule has 0 atom stereocenters. The minimum atomic E-state index is -0.148. The van der Waals surface area contributed by atoms with E-state index in [2.05, 4.69) is 21.6 Å². The van der Waals surface area contributed by atoms with Crippen LogP contribution in [0.2, 0.25) is 0 Å². The van der Waals surface area contributed by atoms with Crippen molar-refractivity contribution in [2.24, 2.45) is 0 Å². The Morgan fingerprint density at radius 3 is 2.75 bits per heavy atom. The topological polar surface area (TPSA) is 53.6 Å². The Hall–Kier alpha value is -1.59. The zero-order chi connectivity index (χ0) is 14.4. The van der Waals surface area contributed by atoms with E-state index >= 15 is 0 Å². The van der Waals surface area contributed by atoms with Gasteiger partial charge in [0.1, 0.15) is 0 Å². The third kappa shape index (κ3) is 4.51. The van der Waals surface area contributed by atoms with E-state index in [0.717, 1.165) is 44.1 Å². The molecule has 0 bridgehead atoms. The molecule has 1 aromatic carbocycles. The predicted octanol–water partition coefficient (Wildman–Crippen LogP) is 1.76. The Kier molecular flexibility index (Phi) is 5.38. The zero-order valence-electron chi connectivity index (χ0n) is 12.2. The second-order valence-corrected chi connectivity index (χ2v) is 5.15. The van der Waals surface area contributed by atoms with E-state index in [4.69, 9.17) is 4.74 Å². The highest BCUT2D eigenvalue weighted by molar-refractivity contribution is 5.90. The number of amides is 2. The molecule has 5 heteroatoms. The van der Waals surface area contributed by atoms with E-state index in [1.807, 2.05) is 26.0 Å². The molecular weight excluding hydrogens is 254 g/mol. The fourth-order valence-electron chi connectivity index (χ4n) is 2.27. The van der Waals surface area contributed by atoms with Crippen molar-refractivity contribution in [1.82, 2.24) is 10.2 Å². The molecule has 1 fully saturated rings. The van der Waals surface area contributed by atoms with Crippen LogP contribution in [0.3, 0.4) is 0 Å². The molecule has 110 valence electrons. The van der Waals surface area contributed by atoms with Crippen LogP contribution in [0.5, 0.6) is 0 Å². The summed E-state index contributed by atoms with van der Waals surface area (Å²) >= 11 is 0. The Balaban J connectivity index is 1.72. The van der Waals surface area contributed by atoms with Crippen LogP contribution in [0.25, 0.3) is 0 Å². The molecule has 2 N–H and O–H groups in total. The van der Waals surface area contributed by atoms with Gasteiger partial charge in [0.05, 0.1) is 13.2 Å². The molecule has 0 aliphatic carbocycles. The SMILES string of the molecule is Cc1ccc(NC(=O)NCCN2CCOCC2)c(C)c1. The van der Waals surface area contributed by atoms with E-state index in [-0.39, 0.29) is 6.03 Å². The Bertz CT molecular complexity index is 456. The monoisotopic (exact) mass is 277 g/mol. The van der Waals surface area contributed by atoms with Gasteiger partial charge in [0.15, 0.2) is 0 Å². The predicted molar refractivity (Wildman–Crippen MR) is 80.2 cm³/mol. The standard InChI is InChI=1S/C15H23N3O2/c1-12-3-4-14(13(2)11-12)17-15(19)16-5-6-18-7-9-20-10-8-18/h3-4,11H,5-10H2,1-2H3,(H2,16,17,19). The van der Waals surface area contributed by atoms with Crippen molar-refractivity contribution in [2.45, 2.75) is 13.8 Å². The Labute approximate surface area is 120 Å². The minimum absolute atomic E-state index is 0.148. The molecule has 2 amide bonds. The van der Waals surface area contributed by atoms with E-state index < -0.39 is 0 Å². The van der Waals surface area contributed by atoms with Crippen molar-refractivity contribution in [3.63, 3.8) is 0 Å². The van der Waals surface area contributed by atoms with Crippen molar-refractivity contribution in [2.75, 3.05) is 44.7 Å². The number of carbonyl (C=O) groups is 1. The van der Waals surface area contributed by atoms with Crippen molar-refractivity contribution in [3.8, 4) is 0 Å². The van der Waals surface area contributed by atoms with Gasteiger partial charge in [0.25, 0.3) is 0 Å². The van der Waals surface area contributed by atoms with Gasteiger partial charge in [-0.15, -0.1) is 0 Å². The first-order valence-corrected chi connectivity index (χ1v) is 7.07. The van der Waals surface area contributed by atoms with E-state index in [1.54, 1.807) is 0 Å². The van der Waals surface area contributed by atoms with E-state index in [0.29, 0.717) is 6.54 Å². The van der Waals surface area contributed by atoms with Gasteiger partial charge in [0, 0.05) is 31.9 Å². The summed E-state index contributed by atoms with van der Waals surface area (Å²) < 4.78 is 5.29. The van der Waals surface area contributed by atoms with Gasteiger partial charge >= 0.3 is 6.03 Å². The summed E-state index contributed by atoms with van der Waals surface area (Å²) in [5.41, 5.74) is 3.13. The van der Waals surface area contributed by atoms with Crippen LogP contribution in [-0.4, -0.2) is 50.3 Å². The molecule has 0 saturated carbocycles. The summed E-state index contributed by atoms with van der Waals surface area (Å²) in [5.74, 6) is 0. The fraction of sp³-hybridized carbons (Fsp3) is 0.533. The largest absolute Gasteiger partial charge is 0.379 e. The van der Waals surface area contributed by atoms with Crippen molar-refractivity contribution < 1.29 is 9.53 Å². The smallest absolute Gasteiger partial charge is 0.319 e. The second-order valence-electron chi connectivity index (χ2n) is 5.15. The van der Waals surface area contributed by atoms with Crippen LogP contribution < -0.4 is 10.6 Å². The number of morpholine rings is 1. The molecule has 1 aliphatic rings. The Morgan fingerprint density at radius 1 is 1.30 bits per heavy atom. The molecule has 1 saturated heterocycles. The molecule has 1 heterocycles. The highest BCUT2D eigenvalue weighted by atomic mass is 16.5. The molecule has 0 spiro atoms. The number of hydrogen-bond donors (Lipinski definition) is 2. The summed E-state index contributed by atoms with van der Waals surface area (Å²) in [7, 11) is 0. The number of hydrogen-bond acceptors (Lipinski definition) is 3. The zero-order valence-corrected chi connectivity index (χ0v) is 12.2. The van der Waals surface area contributed by atoms with Gasteiger partial charge in [-0.3, -0.25) is 4.90 Å². The first kappa shape index (κ1) is 14.8. The number of rotatable bonds is 4. The van der Waals surface area contributed by atoms with Gasteiger partial charge in [0.2, 0.25) is 0 Å². The highest BCUT2D eigenvalue weighted by Gasteiger charge is 2.10. The average Bonchev–Trinajstić information content (AvgIpc) is 2.43. The number of benzene rings is 1. The lowest BCUT2D eigenvalue weighted by Crippen LogP contribution is -2.42. The van der Waals surface area contributed by atoms with Crippen LogP contribution in [0.4, 0.5) is 10.5 Å². The molecule has 1 aromatic rings. The van der Waals surface area contributed by atoms with Crippen LogP contribution in [0.15, 0.2) is 18.2 Å². The second kappa shape index (κ2) is 7.26. The molecule has 0 unspecified atom stereocenters. The van der Waals surface area contributed by atoms with E-state index in [9.17, 15) is 4.79 Å². The first-order valence-electron chi connectivity index (χ1n) is 7.07. The van der Waals surface area contributed by atoms with Gasteiger partial charge in [-0.05, 0) is 25.5 Å². The van der Waals surface area contributed by atoms with Crippen molar-refractivity contribution in [3.05, 3.63) is 29.3 Å². The van der Waals surface area contributed by atoms with Crippen LogP contribution in [0.1, 0.15) is 11.1 Å². The maximum absolute atomic E-state index is 11.8.